The number of hydrogen-bond donors (Lipinski definition) is 1. The monoisotopic (exact) mass is 275 g/mol. The molecular weight excluding hydrogens is 270 g/mol. The van der Waals surface area contributed by atoms with E-state index >= 15 is 0 Å². The molecule has 1 N–H and O–H groups in total. The van der Waals surface area contributed by atoms with Gasteiger partial charge in [0.15, 0.2) is 0 Å². The van der Waals surface area contributed by atoms with Gasteiger partial charge in [0.2, 0.25) is 0 Å². The third-order valence-corrected chi connectivity index (χ3v) is 3.10. The highest BCUT2D eigenvalue weighted by Gasteiger charge is 2.19. The van der Waals surface area contributed by atoms with Crippen LogP contribution < -0.4 is 0 Å². The molecule has 0 spiro atoms. The van der Waals surface area contributed by atoms with Crippen molar-refractivity contribution in [3.05, 3.63) is 33.9 Å². The van der Waals surface area contributed by atoms with Crippen LogP contribution >= 0.6 is 10.7 Å². The van der Waals surface area contributed by atoms with Crippen LogP contribution in [-0.2, 0) is 9.05 Å². The fraction of sp³-hybridized carbons (Fsp3) is 0.111. The van der Waals surface area contributed by atoms with E-state index in [0.717, 1.165) is 18.2 Å². The van der Waals surface area contributed by atoms with Gasteiger partial charge in [0.1, 0.15) is 11.5 Å². The second-order valence-electron chi connectivity index (χ2n) is 2.84. The first-order chi connectivity index (χ1) is 7.86. The minimum absolute atomic E-state index is 0.000324. The van der Waals surface area contributed by atoms with Crippen molar-refractivity contribution < 1.29 is 18.4 Å². The predicted octanol–water partition coefficient (Wildman–Crippen LogP) is 0.866. The molecule has 1 rings (SSSR count). The topological polar surface area (TPSA) is 97.5 Å². The highest BCUT2D eigenvalue weighted by Crippen LogP contribution is 2.24. The molecule has 0 bridgehead atoms. The van der Waals surface area contributed by atoms with Crippen molar-refractivity contribution in [1.82, 2.24) is 0 Å². The lowest BCUT2D eigenvalue weighted by molar-refractivity contribution is -0.385. The van der Waals surface area contributed by atoms with Gasteiger partial charge in [-0.15, -0.1) is 0 Å². The molecular formula is C9H6ClNO5S. The van der Waals surface area contributed by atoms with Gasteiger partial charge in [0.25, 0.3) is 14.7 Å². The summed E-state index contributed by atoms with van der Waals surface area (Å²) in [6.07, 6.45) is 0. The SMILES string of the molecule is O=[N+]([O-])c1ccc(C#CCO)c(S(=O)(=O)Cl)c1. The summed E-state index contributed by atoms with van der Waals surface area (Å²) in [7, 11) is 1.00. The molecule has 0 saturated heterocycles. The van der Waals surface area contributed by atoms with Crippen molar-refractivity contribution in [3.8, 4) is 11.8 Å². The quantitative estimate of drug-likeness (QED) is 0.374. The Hall–Kier alpha value is -1.62. The average Bonchev–Trinajstić information content (AvgIpc) is 2.24. The number of nitrogens with zero attached hydrogens (tertiary/aromatic N) is 1. The number of nitro benzene ring substituents is 1. The Bertz CT molecular complexity index is 614. The van der Waals surface area contributed by atoms with Gasteiger partial charge in [-0.2, -0.15) is 0 Å². The van der Waals surface area contributed by atoms with Crippen molar-refractivity contribution in [2.24, 2.45) is 0 Å². The lowest BCUT2D eigenvalue weighted by Gasteiger charge is -2.00. The zero-order valence-electron chi connectivity index (χ0n) is 8.25. The van der Waals surface area contributed by atoms with Crippen LogP contribution in [0.3, 0.4) is 0 Å². The molecule has 0 aliphatic heterocycles. The van der Waals surface area contributed by atoms with Crippen molar-refractivity contribution in [2.75, 3.05) is 6.61 Å². The van der Waals surface area contributed by atoms with Crippen LogP contribution in [0, 0.1) is 22.0 Å². The zero-order chi connectivity index (χ0) is 13.1. The molecule has 1 aromatic rings. The van der Waals surface area contributed by atoms with E-state index in [-0.39, 0.29) is 5.56 Å². The number of hydrogen-bond acceptors (Lipinski definition) is 5. The van der Waals surface area contributed by atoms with E-state index in [4.69, 9.17) is 15.8 Å². The molecule has 0 fully saturated rings. The normalized spacial score (nSPS) is 10.5. The van der Waals surface area contributed by atoms with E-state index in [2.05, 4.69) is 11.8 Å². The molecule has 8 heteroatoms. The van der Waals surface area contributed by atoms with Crippen LogP contribution in [0.25, 0.3) is 0 Å². The molecule has 1 aromatic carbocycles. The molecule has 0 saturated carbocycles. The second kappa shape index (κ2) is 5.14. The average molecular weight is 276 g/mol. The van der Waals surface area contributed by atoms with Gasteiger partial charge in [-0.1, -0.05) is 11.8 Å². The lowest BCUT2D eigenvalue weighted by Crippen LogP contribution is -1.98. The summed E-state index contributed by atoms with van der Waals surface area (Å²) >= 11 is 0. The molecule has 0 aromatic heterocycles. The first-order valence-electron chi connectivity index (χ1n) is 4.19. The summed E-state index contributed by atoms with van der Waals surface area (Å²) < 4.78 is 22.4. The lowest BCUT2D eigenvalue weighted by atomic mass is 10.2. The molecule has 0 heterocycles. The Balaban J connectivity index is 3.48. The number of benzene rings is 1. The van der Waals surface area contributed by atoms with Crippen molar-refractivity contribution in [2.45, 2.75) is 4.90 Å². The molecule has 0 radical (unpaired) electrons. The molecule has 6 nitrogen and oxygen atoms in total. The first kappa shape index (κ1) is 13.4. The van der Waals surface area contributed by atoms with E-state index in [9.17, 15) is 18.5 Å². The number of aliphatic hydroxyl groups excluding tert-OH is 1. The summed E-state index contributed by atoms with van der Waals surface area (Å²) in [5, 5.41) is 19.0. The number of nitro groups is 1. The van der Waals surface area contributed by atoms with Crippen LogP contribution in [0.15, 0.2) is 23.1 Å². The third kappa shape index (κ3) is 3.42. The summed E-state index contributed by atoms with van der Waals surface area (Å²) in [6.45, 7) is -0.460. The minimum atomic E-state index is -4.14. The molecule has 90 valence electrons. The maximum Gasteiger partial charge on any atom is 0.270 e. The van der Waals surface area contributed by atoms with E-state index in [1.165, 1.54) is 0 Å². The van der Waals surface area contributed by atoms with Gasteiger partial charge < -0.3 is 5.11 Å². The molecule has 17 heavy (non-hydrogen) atoms. The van der Waals surface area contributed by atoms with Gasteiger partial charge >= 0.3 is 0 Å². The molecule has 0 unspecified atom stereocenters. The molecule has 0 atom stereocenters. The van der Waals surface area contributed by atoms with Crippen LogP contribution in [-0.4, -0.2) is 25.1 Å². The summed E-state index contributed by atoms with van der Waals surface area (Å²) in [5.74, 6) is 4.59. The maximum absolute atomic E-state index is 11.2. The highest BCUT2D eigenvalue weighted by atomic mass is 35.7. The highest BCUT2D eigenvalue weighted by molar-refractivity contribution is 8.13. The van der Waals surface area contributed by atoms with Crippen LogP contribution in [0.4, 0.5) is 5.69 Å². The number of rotatable bonds is 2. The van der Waals surface area contributed by atoms with E-state index < -0.39 is 31.2 Å². The summed E-state index contributed by atoms with van der Waals surface area (Å²) in [5.41, 5.74) is -0.404. The van der Waals surface area contributed by atoms with Gasteiger partial charge in [-0.05, 0) is 6.07 Å². The van der Waals surface area contributed by atoms with Gasteiger partial charge in [0, 0.05) is 28.4 Å². The standard InChI is InChI=1S/C9H6ClNO5S/c10-17(15,16)9-6-8(11(13)14)4-3-7(9)2-1-5-12/h3-4,6,12H,5H2. The third-order valence-electron chi connectivity index (χ3n) is 1.74. The Morgan fingerprint density at radius 1 is 1.47 bits per heavy atom. The number of halogens is 1. The van der Waals surface area contributed by atoms with Crippen LogP contribution in [0.2, 0.25) is 0 Å². The van der Waals surface area contributed by atoms with Gasteiger partial charge in [-0.25, -0.2) is 8.42 Å². The Labute approximate surface area is 101 Å². The van der Waals surface area contributed by atoms with Crippen molar-refractivity contribution >= 4 is 25.4 Å². The van der Waals surface area contributed by atoms with Gasteiger partial charge in [0.05, 0.1) is 4.92 Å². The van der Waals surface area contributed by atoms with Crippen LogP contribution in [0.5, 0.6) is 0 Å². The maximum atomic E-state index is 11.2. The predicted molar refractivity (Wildman–Crippen MR) is 60.1 cm³/mol. The molecule has 0 amide bonds. The number of non-ortho nitro benzene ring substituents is 1. The fourth-order valence-corrected chi connectivity index (χ4v) is 2.09. The Kier molecular flexibility index (Phi) is 4.07. The largest absolute Gasteiger partial charge is 0.384 e. The second-order valence-corrected chi connectivity index (χ2v) is 5.37. The minimum Gasteiger partial charge on any atom is -0.384 e. The zero-order valence-corrected chi connectivity index (χ0v) is 9.83. The molecule has 0 aliphatic carbocycles. The van der Waals surface area contributed by atoms with Crippen molar-refractivity contribution in [3.63, 3.8) is 0 Å². The van der Waals surface area contributed by atoms with Gasteiger partial charge in [-0.3, -0.25) is 10.1 Å². The smallest absolute Gasteiger partial charge is 0.270 e. The van der Waals surface area contributed by atoms with Crippen molar-refractivity contribution in [1.29, 1.82) is 0 Å². The first-order valence-corrected chi connectivity index (χ1v) is 6.50. The summed E-state index contributed by atoms with van der Waals surface area (Å²) in [4.78, 5) is 9.31. The van der Waals surface area contributed by atoms with Crippen LogP contribution in [0.1, 0.15) is 5.56 Å². The van der Waals surface area contributed by atoms with E-state index in [1.54, 1.807) is 0 Å². The molecule has 0 aliphatic rings. The number of aliphatic hydroxyl groups is 1. The van der Waals surface area contributed by atoms with E-state index in [0.29, 0.717) is 0 Å². The fourth-order valence-electron chi connectivity index (χ4n) is 1.06. The Morgan fingerprint density at radius 2 is 2.12 bits per heavy atom. The van der Waals surface area contributed by atoms with E-state index in [1.807, 2.05) is 0 Å². The summed E-state index contributed by atoms with van der Waals surface area (Å²) in [6, 6.07) is 3.09. The Morgan fingerprint density at radius 3 is 2.59 bits per heavy atom.